The van der Waals surface area contributed by atoms with Crippen LogP contribution in [0.4, 0.5) is 5.69 Å². The number of esters is 1. The molecule has 1 saturated heterocycles. The van der Waals surface area contributed by atoms with Gasteiger partial charge in [0, 0.05) is 56.0 Å². The third-order valence-corrected chi connectivity index (χ3v) is 11.5. The van der Waals surface area contributed by atoms with Gasteiger partial charge >= 0.3 is 5.97 Å². The Balaban J connectivity index is 1.50. The summed E-state index contributed by atoms with van der Waals surface area (Å²) in [4.78, 5) is 47.8. The summed E-state index contributed by atoms with van der Waals surface area (Å²) in [5, 5.41) is 18.2. The van der Waals surface area contributed by atoms with Gasteiger partial charge in [-0.2, -0.15) is 5.06 Å². The Morgan fingerprint density at radius 2 is 1.90 bits per heavy atom. The first-order valence-corrected chi connectivity index (χ1v) is 17.5. The highest BCUT2D eigenvalue weighted by Gasteiger charge is 2.57. The number of hydrogen-bond acceptors (Lipinski definition) is 9. The molecule has 6 rings (SSSR count). The Hall–Kier alpha value is -3.67. The number of ether oxygens (including phenoxy) is 2. The van der Waals surface area contributed by atoms with Crippen molar-refractivity contribution >= 4 is 23.5 Å². The van der Waals surface area contributed by atoms with Crippen LogP contribution >= 0.6 is 0 Å². The fourth-order valence-electron chi connectivity index (χ4n) is 8.48. The van der Waals surface area contributed by atoms with Crippen LogP contribution in [0, 0.1) is 29.1 Å². The minimum atomic E-state index is -0.847. The normalized spacial score (nSPS) is 27.8. The molecule has 0 spiro atoms. The number of methoxy groups -OCH3 is 1. The van der Waals surface area contributed by atoms with Crippen LogP contribution in [0.3, 0.4) is 0 Å². The maximum absolute atomic E-state index is 14.4. The zero-order valence-corrected chi connectivity index (χ0v) is 30.4. The molecule has 2 aromatic rings. The first-order chi connectivity index (χ1) is 23.2. The maximum atomic E-state index is 14.4. The Labute approximate surface area is 290 Å². The predicted molar refractivity (Wildman–Crippen MR) is 188 cm³/mol. The molecule has 4 aliphatic rings. The number of nitrogens with one attached hydrogen (secondary N) is 2. The first-order valence-electron chi connectivity index (χ1n) is 17.5. The highest BCUT2D eigenvalue weighted by molar-refractivity contribution is 5.97. The van der Waals surface area contributed by atoms with Crippen LogP contribution in [0.15, 0.2) is 36.4 Å². The van der Waals surface area contributed by atoms with Gasteiger partial charge in [0.25, 0.3) is 5.91 Å². The van der Waals surface area contributed by atoms with Crippen LogP contribution in [0.2, 0.25) is 0 Å². The average Bonchev–Trinajstić information content (AvgIpc) is 3.46. The Kier molecular flexibility index (Phi) is 11.0. The molecular formula is C38H54N4O7. The zero-order chi connectivity index (χ0) is 35.8. The van der Waals surface area contributed by atoms with E-state index in [0.29, 0.717) is 29.1 Å². The monoisotopic (exact) mass is 678 g/mol. The molecule has 0 unspecified atom stereocenters. The Bertz CT molecular complexity index is 1540. The summed E-state index contributed by atoms with van der Waals surface area (Å²) in [7, 11) is 7.03. The number of amides is 2. The van der Waals surface area contributed by atoms with Crippen LogP contribution < -0.4 is 20.3 Å². The van der Waals surface area contributed by atoms with Gasteiger partial charge in [0.15, 0.2) is 0 Å². The van der Waals surface area contributed by atoms with E-state index in [1.807, 2.05) is 55.4 Å². The van der Waals surface area contributed by atoms with Crippen molar-refractivity contribution in [3.8, 4) is 16.9 Å². The smallest absolute Gasteiger partial charge is 0.305 e. The molecule has 2 amide bonds. The number of hydroxylamine groups is 2. The summed E-state index contributed by atoms with van der Waals surface area (Å²) in [6.07, 6.45) is 0.843. The van der Waals surface area contributed by atoms with E-state index in [1.54, 1.807) is 33.1 Å². The summed E-state index contributed by atoms with van der Waals surface area (Å²) in [5.74, 6) is 0.578. The van der Waals surface area contributed by atoms with E-state index in [1.165, 1.54) is 6.42 Å². The van der Waals surface area contributed by atoms with Crippen LogP contribution in [0.25, 0.3) is 11.1 Å². The lowest BCUT2D eigenvalue weighted by Gasteiger charge is -2.62. The summed E-state index contributed by atoms with van der Waals surface area (Å²) < 4.78 is 11.8. The van der Waals surface area contributed by atoms with E-state index >= 15 is 0 Å². The molecule has 0 aromatic heterocycles. The lowest BCUT2D eigenvalue weighted by Crippen LogP contribution is -2.62. The van der Waals surface area contributed by atoms with Gasteiger partial charge < -0.3 is 30.1 Å². The number of fused-ring (bicyclic) bond motifs is 2. The minimum absolute atomic E-state index is 0.0183. The lowest BCUT2D eigenvalue weighted by atomic mass is 9.45. The SMILES string of the molecule is CCC(=O)O[C@@H](C)[C@H]1[C@H](CO)ON(Cc2cccc(-c3cc(C(=O)NC)cc(N(C)C)c3)c2OC)[C@@H]1C(=O)N[C@H]1C[C@H]2C[C@@H]([C@@H]1C)C2(C)C. The van der Waals surface area contributed by atoms with Gasteiger partial charge in [-0.3, -0.25) is 19.2 Å². The van der Waals surface area contributed by atoms with Gasteiger partial charge in [0.1, 0.15) is 24.0 Å². The Morgan fingerprint density at radius 1 is 1.16 bits per heavy atom. The van der Waals surface area contributed by atoms with E-state index in [2.05, 4.69) is 31.4 Å². The van der Waals surface area contributed by atoms with Crippen molar-refractivity contribution in [2.45, 2.75) is 84.7 Å². The molecule has 2 aromatic carbocycles. The van der Waals surface area contributed by atoms with E-state index in [9.17, 15) is 19.5 Å². The number of nitrogens with zero attached hydrogens (tertiary/aromatic N) is 2. The molecule has 11 nitrogen and oxygen atoms in total. The molecular weight excluding hydrogens is 624 g/mol. The van der Waals surface area contributed by atoms with E-state index in [4.69, 9.17) is 14.3 Å². The van der Waals surface area contributed by atoms with Gasteiger partial charge in [-0.1, -0.05) is 45.9 Å². The van der Waals surface area contributed by atoms with Crippen LogP contribution in [0.5, 0.6) is 5.75 Å². The maximum Gasteiger partial charge on any atom is 0.305 e. The van der Waals surface area contributed by atoms with Crippen molar-refractivity contribution in [1.29, 1.82) is 0 Å². The lowest BCUT2D eigenvalue weighted by molar-refractivity contribution is -0.183. The van der Waals surface area contributed by atoms with Gasteiger partial charge in [-0.05, 0) is 66.7 Å². The largest absolute Gasteiger partial charge is 0.496 e. The fraction of sp³-hybridized carbons (Fsp3) is 0.605. The molecule has 1 heterocycles. The van der Waals surface area contributed by atoms with Crippen molar-refractivity contribution < 1.29 is 33.8 Å². The summed E-state index contributed by atoms with van der Waals surface area (Å²) in [5.41, 5.74) is 3.94. The van der Waals surface area contributed by atoms with Gasteiger partial charge in [0.05, 0.1) is 26.2 Å². The first kappa shape index (κ1) is 36.6. The second-order valence-corrected chi connectivity index (χ2v) is 14.8. The van der Waals surface area contributed by atoms with Crippen molar-refractivity contribution in [2.24, 2.45) is 29.1 Å². The number of para-hydroxylation sites is 1. The third-order valence-electron chi connectivity index (χ3n) is 11.5. The molecule has 3 saturated carbocycles. The van der Waals surface area contributed by atoms with Crippen LogP contribution in [-0.4, -0.2) is 87.1 Å². The summed E-state index contributed by atoms with van der Waals surface area (Å²) >= 11 is 0. The topological polar surface area (TPSA) is 130 Å². The number of benzene rings is 2. The van der Waals surface area contributed by atoms with Crippen molar-refractivity contribution in [3.63, 3.8) is 0 Å². The van der Waals surface area contributed by atoms with Crippen molar-refractivity contribution in [3.05, 3.63) is 47.5 Å². The predicted octanol–water partition coefficient (Wildman–Crippen LogP) is 4.41. The zero-order valence-electron chi connectivity index (χ0n) is 30.4. The van der Waals surface area contributed by atoms with Gasteiger partial charge in [-0.15, -0.1) is 0 Å². The molecule has 2 bridgehead atoms. The highest BCUT2D eigenvalue weighted by atomic mass is 16.7. The third kappa shape index (κ3) is 7.03. The van der Waals surface area contributed by atoms with E-state index in [0.717, 1.165) is 28.8 Å². The molecule has 3 N–H and O–H groups in total. The molecule has 0 radical (unpaired) electrons. The van der Waals surface area contributed by atoms with Crippen LogP contribution in [0.1, 0.15) is 69.8 Å². The summed E-state index contributed by atoms with van der Waals surface area (Å²) in [6, 6.07) is 10.6. The van der Waals surface area contributed by atoms with Gasteiger partial charge in [-0.25, -0.2) is 0 Å². The summed E-state index contributed by atoms with van der Waals surface area (Å²) in [6.45, 7) is 10.2. The number of carbonyl (C=O) groups excluding carboxylic acids is 3. The number of hydrogen-bond donors (Lipinski definition) is 3. The quantitative estimate of drug-likeness (QED) is 0.280. The van der Waals surface area contributed by atoms with Crippen LogP contribution in [-0.2, 0) is 25.7 Å². The molecule has 11 heteroatoms. The molecule has 3 aliphatic carbocycles. The standard InChI is InChI=1S/C38H54N4O7/c1-10-32(44)48-22(3)33-31(20-43)49-42(34(33)37(46)40-30-18-26-17-29(21(30)2)38(26,4)5)19-23-12-11-13-28(35(23)47-9)24-14-25(36(45)39-6)16-27(15-24)41(7)8/h11-16,21-22,26,29-31,33-34,43H,10,17-20H2,1-9H3,(H,39,45)(H,40,46)/t21-,22-,26+,29-,30-,31-,33-,34-/m0/s1. The molecule has 49 heavy (non-hydrogen) atoms. The van der Waals surface area contributed by atoms with Gasteiger partial charge in [0.2, 0.25) is 5.91 Å². The molecule has 268 valence electrons. The fourth-order valence-corrected chi connectivity index (χ4v) is 8.48. The minimum Gasteiger partial charge on any atom is -0.496 e. The molecule has 4 fully saturated rings. The second kappa shape index (κ2) is 14.7. The van der Waals surface area contributed by atoms with E-state index < -0.39 is 24.2 Å². The van der Waals surface area contributed by atoms with Crippen molar-refractivity contribution in [1.82, 2.24) is 15.7 Å². The number of anilines is 1. The van der Waals surface area contributed by atoms with E-state index in [-0.39, 0.29) is 48.8 Å². The number of rotatable bonds is 12. The number of carbonyl (C=O) groups is 3. The Morgan fingerprint density at radius 3 is 2.49 bits per heavy atom. The highest BCUT2D eigenvalue weighted by Crippen LogP contribution is 2.61. The molecule has 8 atom stereocenters. The van der Waals surface area contributed by atoms with Crippen molar-refractivity contribution in [2.75, 3.05) is 39.8 Å². The number of aliphatic hydroxyl groups is 1. The average molecular weight is 679 g/mol. The molecule has 1 aliphatic heterocycles. The second-order valence-electron chi connectivity index (χ2n) is 14.8. The number of aliphatic hydroxyl groups excluding tert-OH is 1.